The van der Waals surface area contributed by atoms with Crippen molar-refractivity contribution >= 4 is 17.6 Å². The zero-order valence-electron chi connectivity index (χ0n) is 14.9. The number of aromatic carboxylic acids is 1. The highest BCUT2D eigenvalue weighted by molar-refractivity contribution is 5.92. The number of nitrogens with zero attached hydrogens (tertiary/aromatic N) is 2. The summed E-state index contributed by atoms with van der Waals surface area (Å²) in [6, 6.07) is 13.0. The fourth-order valence-electron chi connectivity index (χ4n) is 3.07. The number of carbonyl (C=O) groups is 2. The fraction of sp³-hybridized carbons (Fsp3) is 0.300. The number of para-hydroxylation sites is 1. The average Bonchev–Trinajstić information content (AvgIpc) is 2.66. The van der Waals surface area contributed by atoms with Crippen LogP contribution in [0.3, 0.4) is 0 Å². The lowest BCUT2D eigenvalue weighted by atomic mass is 10.1. The number of rotatable bonds is 6. The second-order valence-electron chi connectivity index (χ2n) is 6.58. The molecular formula is C20H22FN3O3. The standard InChI is InChI=1S/C20H22FN3O3/c21-17-3-1-2-4-18(17)22-19(25)14-24-11-9-23(10-12-24)13-15-5-7-16(8-6-15)20(26)27/h1-8H,9-14H2,(H,22,25)(H,26,27). The van der Waals surface area contributed by atoms with Crippen molar-refractivity contribution in [2.24, 2.45) is 0 Å². The third-order valence-corrected chi connectivity index (χ3v) is 4.59. The predicted molar refractivity (Wildman–Crippen MR) is 100 cm³/mol. The number of nitrogens with one attached hydrogen (secondary N) is 1. The monoisotopic (exact) mass is 371 g/mol. The van der Waals surface area contributed by atoms with Gasteiger partial charge in [0.05, 0.1) is 17.8 Å². The Hall–Kier alpha value is -2.77. The van der Waals surface area contributed by atoms with Crippen LogP contribution in [0.1, 0.15) is 15.9 Å². The Labute approximate surface area is 157 Å². The van der Waals surface area contributed by atoms with Crippen molar-refractivity contribution < 1.29 is 19.1 Å². The van der Waals surface area contributed by atoms with E-state index in [9.17, 15) is 14.0 Å². The number of carbonyl (C=O) groups excluding carboxylic acids is 1. The largest absolute Gasteiger partial charge is 0.478 e. The van der Waals surface area contributed by atoms with Gasteiger partial charge in [-0.15, -0.1) is 0 Å². The van der Waals surface area contributed by atoms with E-state index >= 15 is 0 Å². The van der Waals surface area contributed by atoms with Crippen LogP contribution in [0.25, 0.3) is 0 Å². The number of carboxylic acids is 1. The molecule has 2 N–H and O–H groups in total. The summed E-state index contributed by atoms with van der Waals surface area (Å²) in [6.07, 6.45) is 0. The number of halogens is 1. The van der Waals surface area contributed by atoms with Gasteiger partial charge in [0.1, 0.15) is 5.82 Å². The van der Waals surface area contributed by atoms with Crippen LogP contribution in [0.5, 0.6) is 0 Å². The molecule has 0 aliphatic carbocycles. The van der Waals surface area contributed by atoms with Crippen molar-refractivity contribution in [1.29, 1.82) is 0 Å². The van der Waals surface area contributed by atoms with E-state index in [2.05, 4.69) is 10.2 Å². The summed E-state index contributed by atoms with van der Waals surface area (Å²) in [5, 5.41) is 11.5. The van der Waals surface area contributed by atoms with Crippen LogP contribution in [0.15, 0.2) is 48.5 Å². The highest BCUT2D eigenvalue weighted by Crippen LogP contribution is 2.13. The van der Waals surface area contributed by atoms with Crippen molar-refractivity contribution in [3.05, 3.63) is 65.5 Å². The van der Waals surface area contributed by atoms with E-state index in [-0.39, 0.29) is 23.7 Å². The number of amides is 1. The smallest absolute Gasteiger partial charge is 0.335 e. The van der Waals surface area contributed by atoms with Crippen LogP contribution in [0.2, 0.25) is 0 Å². The van der Waals surface area contributed by atoms with Gasteiger partial charge in [-0.1, -0.05) is 24.3 Å². The van der Waals surface area contributed by atoms with Gasteiger partial charge in [0.15, 0.2) is 0 Å². The van der Waals surface area contributed by atoms with Crippen molar-refractivity contribution in [2.45, 2.75) is 6.54 Å². The molecule has 7 heteroatoms. The SMILES string of the molecule is O=C(CN1CCN(Cc2ccc(C(=O)O)cc2)CC1)Nc1ccccc1F. The maximum Gasteiger partial charge on any atom is 0.335 e. The first kappa shape index (κ1) is 19.0. The lowest BCUT2D eigenvalue weighted by Gasteiger charge is -2.34. The summed E-state index contributed by atoms with van der Waals surface area (Å²) in [6.45, 7) is 4.10. The normalized spacial score (nSPS) is 15.4. The summed E-state index contributed by atoms with van der Waals surface area (Å²) in [5.74, 6) is -1.59. The van der Waals surface area contributed by atoms with Crippen molar-refractivity contribution in [3.63, 3.8) is 0 Å². The number of hydrogen-bond acceptors (Lipinski definition) is 4. The molecule has 0 radical (unpaired) electrons. The van der Waals surface area contributed by atoms with E-state index in [0.717, 1.165) is 38.3 Å². The minimum atomic E-state index is -0.927. The Morgan fingerprint density at radius 1 is 0.963 bits per heavy atom. The third kappa shape index (κ3) is 5.35. The summed E-state index contributed by atoms with van der Waals surface area (Å²) >= 11 is 0. The van der Waals surface area contributed by atoms with Gasteiger partial charge in [0.2, 0.25) is 5.91 Å². The van der Waals surface area contributed by atoms with Crippen LogP contribution in [-0.2, 0) is 11.3 Å². The van der Waals surface area contributed by atoms with Crippen LogP contribution in [0, 0.1) is 5.82 Å². The number of anilines is 1. The van der Waals surface area contributed by atoms with Gasteiger partial charge in [-0.05, 0) is 29.8 Å². The van der Waals surface area contributed by atoms with Crippen LogP contribution >= 0.6 is 0 Å². The van der Waals surface area contributed by atoms with Crippen molar-refractivity contribution in [2.75, 3.05) is 38.0 Å². The molecule has 27 heavy (non-hydrogen) atoms. The molecule has 0 aromatic heterocycles. The van der Waals surface area contributed by atoms with Gasteiger partial charge in [0, 0.05) is 32.7 Å². The lowest BCUT2D eigenvalue weighted by Crippen LogP contribution is -2.48. The molecule has 0 spiro atoms. The van der Waals surface area contributed by atoms with Gasteiger partial charge in [-0.2, -0.15) is 0 Å². The Morgan fingerprint density at radius 2 is 1.59 bits per heavy atom. The Kier molecular flexibility index (Phi) is 6.16. The summed E-state index contributed by atoms with van der Waals surface area (Å²) in [5.41, 5.74) is 1.54. The topological polar surface area (TPSA) is 72.9 Å². The third-order valence-electron chi connectivity index (χ3n) is 4.59. The molecule has 1 saturated heterocycles. The van der Waals surface area contributed by atoms with Crippen LogP contribution in [-0.4, -0.2) is 59.5 Å². The number of piperazine rings is 1. The summed E-state index contributed by atoms with van der Waals surface area (Å²) in [7, 11) is 0. The second kappa shape index (κ2) is 8.75. The van der Waals surface area contributed by atoms with Gasteiger partial charge in [0.25, 0.3) is 0 Å². The zero-order chi connectivity index (χ0) is 19.2. The first-order valence-electron chi connectivity index (χ1n) is 8.82. The average molecular weight is 371 g/mol. The van der Waals surface area contributed by atoms with E-state index in [1.54, 1.807) is 30.3 Å². The van der Waals surface area contributed by atoms with Gasteiger partial charge < -0.3 is 10.4 Å². The lowest BCUT2D eigenvalue weighted by molar-refractivity contribution is -0.117. The molecular weight excluding hydrogens is 349 g/mol. The molecule has 142 valence electrons. The molecule has 3 rings (SSSR count). The molecule has 1 fully saturated rings. The minimum absolute atomic E-state index is 0.200. The molecule has 0 unspecified atom stereocenters. The maximum absolute atomic E-state index is 13.6. The molecule has 1 aliphatic rings. The summed E-state index contributed by atoms with van der Waals surface area (Å²) < 4.78 is 13.6. The zero-order valence-corrected chi connectivity index (χ0v) is 14.9. The predicted octanol–water partition coefficient (Wildman–Crippen LogP) is 2.28. The van der Waals surface area contributed by atoms with Gasteiger partial charge in [-0.25, -0.2) is 9.18 Å². The van der Waals surface area contributed by atoms with E-state index in [1.807, 2.05) is 17.0 Å². The van der Waals surface area contributed by atoms with Crippen LogP contribution in [0.4, 0.5) is 10.1 Å². The molecule has 2 aromatic carbocycles. The molecule has 2 aromatic rings. The van der Waals surface area contributed by atoms with Crippen LogP contribution < -0.4 is 5.32 Å². The highest BCUT2D eigenvalue weighted by atomic mass is 19.1. The van der Waals surface area contributed by atoms with Gasteiger partial charge in [-0.3, -0.25) is 14.6 Å². The Morgan fingerprint density at radius 3 is 2.22 bits per heavy atom. The quantitative estimate of drug-likeness (QED) is 0.815. The first-order chi connectivity index (χ1) is 13.0. The van der Waals surface area contributed by atoms with Crippen molar-refractivity contribution in [1.82, 2.24) is 9.80 Å². The van der Waals surface area contributed by atoms with E-state index in [1.165, 1.54) is 6.07 Å². The summed E-state index contributed by atoms with van der Waals surface area (Å²) in [4.78, 5) is 27.3. The van der Waals surface area contributed by atoms with Gasteiger partial charge >= 0.3 is 5.97 Å². The molecule has 1 amide bonds. The Bertz CT molecular complexity index is 802. The second-order valence-corrected chi connectivity index (χ2v) is 6.58. The first-order valence-corrected chi connectivity index (χ1v) is 8.82. The number of carboxylic acid groups (broad SMARTS) is 1. The molecule has 1 heterocycles. The number of benzene rings is 2. The van der Waals surface area contributed by atoms with Crippen molar-refractivity contribution in [3.8, 4) is 0 Å². The van der Waals surface area contributed by atoms with E-state index < -0.39 is 11.8 Å². The molecule has 0 saturated carbocycles. The minimum Gasteiger partial charge on any atom is -0.478 e. The maximum atomic E-state index is 13.6. The van der Waals surface area contributed by atoms with E-state index in [0.29, 0.717) is 0 Å². The fourth-order valence-corrected chi connectivity index (χ4v) is 3.07. The molecule has 6 nitrogen and oxygen atoms in total. The molecule has 0 atom stereocenters. The van der Waals surface area contributed by atoms with E-state index in [4.69, 9.17) is 5.11 Å². The molecule has 0 bridgehead atoms. The Balaban J connectivity index is 1.44. The number of hydrogen-bond donors (Lipinski definition) is 2. The molecule has 1 aliphatic heterocycles. The highest BCUT2D eigenvalue weighted by Gasteiger charge is 2.19.